The molecule has 3 aromatic carbocycles. The molecule has 43 heavy (non-hydrogen) atoms. The fourth-order valence-electron chi connectivity index (χ4n) is 5.46. The van der Waals surface area contributed by atoms with Crippen LogP contribution in [0.3, 0.4) is 0 Å². The van der Waals surface area contributed by atoms with Gasteiger partial charge >= 0.3 is 0 Å². The van der Waals surface area contributed by atoms with E-state index in [9.17, 15) is 17.6 Å². The smallest absolute Gasteiger partial charge is 0.241 e. The van der Waals surface area contributed by atoms with Crippen LogP contribution in [0.25, 0.3) is 0 Å². The number of benzene rings is 3. The predicted molar refractivity (Wildman–Crippen MR) is 171 cm³/mol. The average Bonchev–Trinajstić information content (AvgIpc) is 2.92. The number of sulfonamides is 1. The lowest BCUT2D eigenvalue weighted by molar-refractivity contribution is -0.122. The summed E-state index contributed by atoms with van der Waals surface area (Å²) in [6, 6.07) is 17.8. The monoisotopic (exact) mass is 607 g/mol. The minimum absolute atomic E-state index is 0.113. The number of rotatable bonds is 10. The molecular weight excluding hydrogens is 561 g/mol. The Bertz CT molecular complexity index is 1510. The summed E-state index contributed by atoms with van der Waals surface area (Å²) in [6.45, 7) is 14.5. The molecule has 8 heteroatoms. The van der Waals surface area contributed by atoms with E-state index in [0.717, 1.165) is 43.5 Å². The second-order valence-electron chi connectivity index (χ2n) is 13.9. The van der Waals surface area contributed by atoms with Gasteiger partial charge in [-0.2, -0.15) is 0 Å². The summed E-state index contributed by atoms with van der Waals surface area (Å²) >= 11 is 0. The van der Waals surface area contributed by atoms with Crippen molar-refractivity contribution in [2.75, 3.05) is 6.54 Å². The maximum absolute atomic E-state index is 13.7. The first-order valence-corrected chi connectivity index (χ1v) is 16.6. The zero-order valence-corrected chi connectivity index (χ0v) is 27.1. The van der Waals surface area contributed by atoms with Crippen molar-refractivity contribution < 1.29 is 17.6 Å². The molecule has 1 aliphatic carbocycles. The third-order valence-electron chi connectivity index (χ3n) is 7.83. The highest BCUT2D eigenvalue weighted by molar-refractivity contribution is 7.89. The molecule has 3 aromatic rings. The third kappa shape index (κ3) is 9.21. The van der Waals surface area contributed by atoms with E-state index < -0.39 is 21.9 Å². The van der Waals surface area contributed by atoms with E-state index in [0.29, 0.717) is 5.56 Å². The van der Waals surface area contributed by atoms with Gasteiger partial charge in [-0.15, -0.1) is 0 Å². The maximum Gasteiger partial charge on any atom is 0.241 e. The van der Waals surface area contributed by atoms with Crippen LogP contribution >= 0.6 is 0 Å². The van der Waals surface area contributed by atoms with Crippen LogP contribution in [-0.2, 0) is 33.2 Å². The van der Waals surface area contributed by atoms with Gasteiger partial charge in [0.15, 0.2) is 0 Å². The first kappa shape index (κ1) is 32.8. The number of hydrogen-bond acceptors (Lipinski definition) is 4. The molecule has 0 spiro atoms. The van der Waals surface area contributed by atoms with Crippen molar-refractivity contribution in [2.24, 2.45) is 5.41 Å². The molecule has 0 heterocycles. The predicted octanol–water partition coefficient (Wildman–Crippen LogP) is 6.86. The van der Waals surface area contributed by atoms with Gasteiger partial charge in [0.25, 0.3) is 0 Å². The lowest BCUT2D eigenvalue weighted by atomic mass is 9.86. The van der Waals surface area contributed by atoms with Crippen LogP contribution in [-0.4, -0.2) is 20.9 Å². The number of fused-ring (bicyclic) bond motifs is 1. The van der Waals surface area contributed by atoms with E-state index >= 15 is 0 Å². The van der Waals surface area contributed by atoms with Crippen molar-refractivity contribution in [3.8, 4) is 0 Å². The summed E-state index contributed by atoms with van der Waals surface area (Å²) in [7, 11) is -3.96. The number of hydrogen-bond donors (Lipinski definition) is 3. The minimum Gasteiger partial charge on any atom is -0.349 e. The van der Waals surface area contributed by atoms with Gasteiger partial charge in [-0.1, -0.05) is 84.0 Å². The molecule has 0 fully saturated rings. The molecular formula is C35H46FN3O3S. The average molecular weight is 608 g/mol. The van der Waals surface area contributed by atoms with E-state index in [1.54, 1.807) is 24.3 Å². The summed E-state index contributed by atoms with van der Waals surface area (Å²) in [5, 5.41) is 6.68. The largest absolute Gasteiger partial charge is 0.349 e. The number of aryl methyl sites for hydroxylation is 1. The Morgan fingerprint density at radius 1 is 0.953 bits per heavy atom. The topological polar surface area (TPSA) is 87.3 Å². The summed E-state index contributed by atoms with van der Waals surface area (Å²) in [5.41, 5.74) is 5.19. The molecule has 0 bridgehead atoms. The van der Waals surface area contributed by atoms with Gasteiger partial charge in [-0.25, -0.2) is 17.5 Å². The zero-order chi connectivity index (χ0) is 31.4. The van der Waals surface area contributed by atoms with Crippen LogP contribution in [0.15, 0.2) is 71.6 Å². The van der Waals surface area contributed by atoms with Gasteiger partial charge < -0.3 is 10.6 Å². The van der Waals surface area contributed by atoms with Gasteiger partial charge in [0, 0.05) is 19.5 Å². The number of carbonyl (C=O) groups is 1. The molecule has 0 saturated heterocycles. The molecule has 2 atom stereocenters. The van der Waals surface area contributed by atoms with Gasteiger partial charge in [-0.05, 0) is 82.2 Å². The highest BCUT2D eigenvalue weighted by Crippen LogP contribution is 2.31. The Morgan fingerprint density at radius 3 is 2.26 bits per heavy atom. The van der Waals surface area contributed by atoms with Crippen molar-refractivity contribution in [1.82, 2.24) is 15.4 Å². The van der Waals surface area contributed by atoms with Crippen LogP contribution in [0.4, 0.5) is 4.39 Å². The van der Waals surface area contributed by atoms with E-state index in [-0.39, 0.29) is 34.1 Å². The second-order valence-corrected chi connectivity index (χ2v) is 15.6. The van der Waals surface area contributed by atoms with Gasteiger partial charge in [0.1, 0.15) is 5.82 Å². The van der Waals surface area contributed by atoms with Crippen LogP contribution in [0, 0.1) is 11.2 Å². The fraction of sp³-hybridized carbons (Fsp3) is 0.457. The number of amides is 1. The van der Waals surface area contributed by atoms with Gasteiger partial charge in [0.2, 0.25) is 15.9 Å². The molecule has 0 radical (unpaired) electrons. The van der Waals surface area contributed by atoms with Crippen molar-refractivity contribution in [3.63, 3.8) is 0 Å². The molecule has 0 aliphatic heterocycles. The maximum atomic E-state index is 13.7. The highest BCUT2D eigenvalue weighted by Gasteiger charge is 2.27. The Kier molecular flexibility index (Phi) is 10.1. The molecule has 0 saturated carbocycles. The highest BCUT2D eigenvalue weighted by atomic mass is 32.2. The minimum atomic E-state index is -3.96. The molecule has 6 nitrogen and oxygen atoms in total. The van der Waals surface area contributed by atoms with Crippen molar-refractivity contribution >= 4 is 15.9 Å². The first-order valence-electron chi connectivity index (χ1n) is 15.1. The quantitative estimate of drug-likeness (QED) is 0.235. The Hall–Kier alpha value is -3.07. The van der Waals surface area contributed by atoms with E-state index in [4.69, 9.17) is 0 Å². The third-order valence-corrected chi connectivity index (χ3v) is 9.32. The number of halogens is 1. The molecule has 3 N–H and O–H groups in total. The van der Waals surface area contributed by atoms with Crippen LogP contribution in [0.1, 0.15) is 101 Å². The van der Waals surface area contributed by atoms with Crippen molar-refractivity contribution in [2.45, 2.75) is 96.2 Å². The van der Waals surface area contributed by atoms with Crippen molar-refractivity contribution in [3.05, 3.63) is 100 Å². The Morgan fingerprint density at radius 2 is 1.63 bits per heavy atom. The standard InChI is InChI=1S/C35H46FN3O3S/c1-34(2,3)23-37-22-24-10-19-30-26(20-24)8-7-9-31(30)38-33(40)21-32(25-11-15-28(36)16-12-25)39-43(41,42)29-17-13-27(14-18-29)35(4,5)6/h10-20,31-32,37,39H,7-9,21-23H2,1-6H3,(H,38,40). The molecule has 4 rings (SSSR count). The summed E-state index contributed by atoms with van der Waals surface area (Å²) in [4.78, 5) is 13.5. The number of nitrogens with one attached hydrogen (secondary N) is 3. The second kappa shape index (κ2) is 13.3. The summed E-state index contributed by atoms with van der Waals surface area (Å²) in [5.74, 6) is -0.701. The van der Waals surface area contributed by atoms with Crippen molar-refractivity contribution in [1.29, 1.82) is 0 Å². The normalized spacial score (nSPS) is 16.4. The fourth-order valence-corrected chi connectivity index (χ4v) is 6.68. The summed E-state index contributed by atoms with van der Waals surface area (Å²) < 4.78 is 43.3. The molecule has 232 valence electrons. The first-order chi connectivity index (χ1) is 20.1. The van der Waals surface area contributed by atoms with Crippen LogP contribution in [0.5, 0.6) is 0 Å². The lowest BCUT2D eigenvalue weighted by Crippen LogP contribution is -2.36. The van der Waals surface area contributed by atoms with Crippen LogP contribution < -0.4 is 15.4 Å². The molecule has 1 aliphatic rings. The van der Waals surface area contributed by atoms with Gasteiger partial charge in [-0.3, -0.25) is 4.79 Å². The number of carbonyl (C=O) groups excluding carboxylic acids is 1. The summed E-state index contributed by atoms with van der Waals surface area (Å²) in [6.07, 6.45) is 2.61. The van der Waals surface area contributed by atoms with Crippen LogP contribution in [0.2, 0.25) is 0 Å². The molecule has 1 amide bonds. The Balaban J connectivity index is 1.49. The lowest BCUT2D eigenvalue weighted by Gasteiger charge is -2.28. The van der Waals surface area contributed by atoms with E-state index in [1.165, 1.54) is 35.4 Å². The van der Waals surface area contributed by atoms with E-state index in [1.807, 2.05) is 0 Å². The van der Waals surface area contributed by atoms with Gasteiger partial charge in [0.05, 0.1) is 17.0 Å². The zero-order valence-electron chi connectivity index (χ0n) is 26.3. The Labute approximate surface area is 256 Å². The SMILES string of the molecule is CC(C)(C)CNCc1ccc2c(c1)CCCC2NC(=O)CC(NS(=O)(=O)c1ccc(C(C)(C)C)cc1)c1ccc(F)cc1. The molecule has 2 unspecified atom stereocenters. The molecule has 0 aromatic heterocycles. The van der Waals surface area contributed by atoms with E-state index in [2.05, 4.69) is 75.1 Å².